The summed E-state index contributed by atoms with van der Waals surface area (Å²) < 4.78 is 26.8. The number of nitrogens with zero attached hydrogens (tertiary/aromatic N) is 2. The Labute approximate surface area is 113 Å². The molecule has 0 unspecified atom stereocenters. The van der Waals surface area contributed by atoms with Crippen molar-refractivity contribution in [2.45, 2.75) is 6.43 Å². The molecular formula is C15H10F2N2O. The van der Waals surface area contributed by atoms with Gasteiger partial charge < -0.3 is 4.40 Å². The van der Waals surface area contributed by atoms with Gasteiger partial charge in [-0.1, -0.05) is 24.3 Å². The van der Waals surface area contributed by atoms with Crippen LogP contribution in [0, 0.1) is 0 Å². The number of hydrogen-bond acceptors (Lipinski definition) is 2. The van der Waals surface area contributed by atoms with Gasteiger partial charge in [0.25, 0.3) is 6.43 Å². The van der Waals surface area contributed by atoms with Gasteiger partial charge in [0.1, 0.15) is 5.65 Å². The van der Waals surface area contributed by atoms with Crippen molar-refractivity contribution in [2.75, 3.05) is 0 Å². The second-order valence-electron chi connectivity index (χ2n) is 4.36. The second kappa shape index (κ2) is 4.85. The molecule has 0 atom stereocenters. The van der Waals surface area contributed by atoms with Crippen LogP contribution in [-0.2, 0) is 0 Å². The molecule has 0 bridgehead atoms. The van der Waals surface area contributed by atoms with Crippen LogP contribution in [0.1, 0.15) is 22.3 Å². The number of carbonyl (C=O) groups is 1. The highest BCUT2D eigenvalue weighted by atomic mass is 19.3. The fourth-order valence-corrected chi connectivity index (χ4v) is 2.07. The van der Waals surface area contributed by atoms with Gasteiger partial charge in [-0.05, 0) is 12.1 Å². The van der Waals surface area contributed by atoms with Crippen LogP contribution in [0.5, 0.6) is 0 Å². The van der Waals surface area contributed by atoms with Crippen LogP contribution in [0.3, 0.4) is 0 Å². The van der Waals surface area contributed by atoms with E-state index in [2.05, 4.69) is 4.98 Å². The van der Waals surface area contributed by atoms with Crippen LogP contribution >= 0.6 is 0 Å². The van der Waals surface area contributed by atoms with Crippen LogP contribution in [0.2, 0.25) is 0 Å². The zero-order valence-electron chi connectivity index (χ0n) is 10.3. The molecule has 2 aromatic heterocycles. The van der Waals surface area contributed by atoms with Gasteiger partial charge in [0.05, 0.1) is 11.3 Å². The highest BCUT2D eigenvalue weighted by Gasteiger charge is 2.10. The zero-order valence-corrected chi connectivity index (χ0v) is 10.3. The molecule has 0 aliphatic rings. The number of halogens is 2. The quantitative estimate of drug-likeness (QED) is 0.680. The smallest absolute Gasteiger partial charge is 0.263 e. The first-order valence-corrected chi connectivity index (χ1v) is 6.00. The summed E-state index contributed by atoms with van der Waals surface area (Å²) in [4.78, 5) is 15.3. The fourth-order valence-electron chi connectivity index (χ4n) is 2.07. The lowest BCUT2D eigenvalue weighted by molar-refractivity contribution is 0.112. The molecule has 0 aliphatic carbocycles. The largest absolute Gasteiger partial charge is 0.306 e. The molecule has 0 radical (unpaired) electrons. The van der Waals surface area contributed by atoms with Gasteiger partial charge in [-0.25, -0.2) is 13.8 Å². The lowest BCUT2D eigenvalue weighted by Crippen LogP contribution is -1.88. The average molecular weight is 272 g/mol. The summed E-state index contributed by atoms with van der Waals surface area (Å²) in [7, 11) is 0. The van der Waals surface area contributed by atoms with Gasteiger partial charge in [0.15, 0.2) is 6.29 Å². The van der Waals surface area contributed by atoms with Crippen molar-refractivity contribution in [3.05, 3.63) is 59.9 Å². The predicted octanol–water partition coefficient (Wildman–Crippen LogP) is 3.75. The van der Waals surface area contributed by atoms with Crippen LogP contribution in [0.15, 0.2) is 48.8 Å². The first-order valence-electron chi connectivity index (χ1n) is 6.00. The first-order chi connectivity index (χ1) is 9.69. The van der Waals surface area contributed by atoms with Crippen molar-refractivity contribution < 1.29 is 13.6 Å². The Morgan fingerprint density at radius 3 is 2.55 bits per heavy atom. The molecule has 20 heavy (non-hydrogen) atoms. The Morgan fingerprint density at radius 2 is 1.90 bits per heavy atom. The highest BCUT2D eigenvalue weighted by Crippen LogP contribution is 2.24. The number of alkyl halides is 2. The van der Waals surface area contributed by atoms with Crippen LogP contribution < -0.4 is 0 Å². The van der Waals surface area contributed by atoms with Crippen LogP contribution in [0.25, 0.3) is 16.9 Å². The minimum absolute atomic E-state index is 0.0221. The maximum atomic E-state index is 12.5. The Kier molecular flexibility index (Phi) is 3.02. The van der Waals surface area contributed by atoms with E-state index in [1.54, 1.807) is 41.1 Å². The van der Waals surface area contributed by atoms with Gasteiger partial charge in [0, 0.05) is 23.5 Å². The Hall–Kier alpha value is -2.56. The number of aldehydes is 1. The molecule has 5 heteroatoms. The van der Waals surface area contributed by atoms with E-state index in [0.717, 1.165) is 11.8 Å². The number of carbonyl (C=O) groups excluding carboxylic acids is 1. The molecule has 0 fully saturated rings. The van der Waals surface area contributed by atoms with E-state index in [4.69, 9.17) is 0 Å². The minimum Gasteiger partial charge on any atom is -0.306 e. The molecule has 100 valence electrons. The van der Waals surface area contributed by atoms with Crippen LogP contribution in [-0.4, -0.2) is 15.7 Å². The standard InChI is InChI=1S/C15H10F2N2O/c16-14(17)11-5-3-10(4-6-11)13-8-19-7-1-2-12(9-20)15(19)18-13/h1-9,14H. The minimum atomic E-state index is -2.48. The van der Waals surface area contributed by atoms with E-state index < -0.39 is 6.43 Å². The molecule has 3 aromatic rings. The van der Waals surface area contributed by atoms with Crippen molar-refractivity contribution >= 4 is 11.9 Å². The Balaban J connectivity index is 2.08. The number of benzene rings is 1. The molecule has 2 heterocycles. The third-order valence-electron chi connectivity index (χ3n) is 3.10. The summed E-state index contributed by atoms with van der Waals surface area (Å²) in [5.74, 6) is 0. The van der Waals surface area contributed by atoms with E-state index in [-0.39, 0.29) is 5.56 Å². The maximum Gasteiger partial charge on any atom is 0.263 e. The van der Waals surface area contributed by atoms with Gasteiger partial charge in [-0.3, -0.25) is 4.79 Å². The molecule has 0 aliphatic heterocycles. The molecule has 0 saturated heterocycles. The highest BCUT2D eigenvalue weighted by molar-refractivity contribution is 5.85. The summed E-state index contributed by atoms with van der Waals surface area (Å²) in [6.07, 6.45) is 1.81. The number of rotatable bonds is 3. The van der Waals surface area contributed by atoms with E-state index >= 15 is 0 Å². The molecular weight excluding hydrogens is 262 g/mol. The lowest BCUT2D eigenvalue weighted by atomic mass is 10.1. The monoisotopic (exact) mass is 272 g/mol. The molecule has 3 nitrogen and oxygen atoms in total. The van der Waals surface area contributed by atoms with E-state index in [1.807, 2.05) is 0 Å². The number of imidazole rings is 1. The SMILES string of the molecule is O=Cc1cccn2cc(-c3ccc(C(F)F)cc3)nc12. The third kappa shape index (κ3) is 2.07. The fraction of sp³-hybridized carbons (Fsp3) is 0.0667. The summed E-state index contributed by atoms with van der Waals surface area (Å²) in [6, 6.07) is 9.39. The summed E-state index contributed by atoms with van der Waals surface area (Å²) in [6.45, 7) is 0. The summed E-state index contributed by atoms with van der Waals surface area (Å²) in [5, 5.41) is 0. The summed E-state index contributed by atoms with van der Waals surface area (Å²) >= 11 is 0. The van der Waals surface area contributed by atoms with Crippen molar-refractivity contribution in [1.82, 2.24) is 9.38 Å². The van der Waals surface area contributed by atoms with Gasteiger partial charge >= 0.3 is 0 Å². The molecule has 0 saturated carbocycles. The van der Waals surface area contributed by atoms with Gasteiger partial charge in [-0.15, -0.1) is 0 Å². The van der Waals surface area contributed by atoms with Crippen molar-refractivity contribution in [3.8, 4) is 11.3 Å². The molecule has 3 rings (SSSR count). The molecule has 0 N–H and O–H groups in total. The topological polar surface area (TPSA) is 34.4 Å². The lowest BCUT2D eigenvalue weighted by Gasteiger charge is -2.00. The molecule has 0 amide bonds. The van der Waals surface area contributed by atoms with Gasteiger partial charge in [-0.2, -0.15) is 0 Å². The Bertz CT molecular complexity index is 763. The molecule has 0 spiro atoms. The number of hydrogen-bond donors (Lipinski definition) is 0. The number of aromatic nitrogens is 2. The number of pyridine rings is 1. The normalized spacial score (nSPS) is 11.2. The van der Waals surface area contributed by atoms with E-state index in [9.17, 15) is 13.6 Å². The Morgan fingerprint density at radius 1 is 1.15 bits per heavy atom. The van der Waals surface area contributed by atoms with Crippen LogP contribution in [0.4, 0.5) is 8.78 Å². The average Bonchev–Trinajstić information content (AvgIpc) is 2.91. The van der Waals surface area contributed by atoms with Crippen molar-refractivity contribution in [1.29, 1.82) is 0 Å². The van der Waals surface area contributed by atoms with Crippen molar-refractivity contribution in [3.63, 3.8) is 0 Å². The first kappa shape index (κ1) is 12.5. The summed E-state index contributed by atoms with van der Waals surface area (Å²) in [5.41, 5.74) is 2.39. The molecule has 1 aromatic carbocycles. The van der Waals surface area contributed by atoms with Gasteiger partial charge in [0.2, 0.25) is 0 Å². The third-order valence-corrected chi connectivity index (χ3v) is 3.10. The zero-order chi connectivity index (χ0) is 14.1. The van der Waals surface area contributed by atoms with E-state index in [1.165, 1.54) is 12.1 Å². The second-order valence-corrected chi connectivity index (χ2v) is 4.36. The van der Waals surface area contributed by atoms with E-state index in [0.29, 0.717) is 16.9 Å². The predicted molar refractivity (Wildman–Crippen MR) is 71.0 cm³/mol. The number of fused-ring (bicyclic) bond motifs is 1. The van der Waals surface area contributed by atoms with Crippen molar-refractivity contribution in [2.24, 2.45) is 0 Å². The maximum absolute atomic E-state index is 12.5.